The minimum absolute atomic E-state index is 0.0212. The van der Waals surface area contributed by atoms with Crippen molar-refractivity contribution in [2.75, 3.05) is 6.26 Å². The Morgan fingerprint density at radius 3 is 2.72 bits per heavy atom. The van der Waals surface area contributed by atoms with Crippen LogP contribution in [0.5, 0.6) is 0 Å². The van der Waals surface area contributed by atoms with Crippen molar-refractivity contribution in [2.45, 2.75) is 11.4 Å². The molecule has 3 aromatic rings. The number of nitrogens with zero attached hydrogens (tertiary/aromatic N) is 3. The number of thiophene rings is 1. The zero-order valence-electron chi connectivity index (χ0n) is 14.9. The van der Waals surface area contributed by atoms with E-state index in [-0.39, 0.29) is 16.4 Å². The molecule has 0 aliphatic carbocycles. The average molecular weight is 448 g/mol. The predicted octanol–water partition coefficient (Wildman–Crippen LogP) is 2.85. The van der Waals surface area contributed by atoms with Crippen molar-refractivity contribution in [3.8, 4) is 12.3 Å². The summed E-state index contributed by atoms with van der Waals surface area (Å²) in [4.78, 5) is 27.5. The van der Waals surface area contributed by atoms with Crippen LogP contribution in [-0.2, 0) is 21.2 Å². The third kappa shape index (κ3) is 4.68. The molecule has 0 atom stereocenters. The number of benzene rings is 1. The summed E-state index contributed by atoms with van der Waals surface area (Å²) < 4.78 is 25.8. The molecule has 11 heteroatoms. The van der Waals surface area contributed by atoms with Crippen LogP contribution in [0, 0.1) is 22.5 Å². The van der Waals surface area contributed by atoms with E-state index < -0.39 is 20.7 Å². The fourth-order valence-electron chi connectivity index (χ4n) is 2.43. The summed E-state index contributed by atoms with van der Waals surface area (Å²) in [5, 5.41) is 10.7. The van der Waals surface area contributed by atoms with Crippen LogP contribution in [0.3, 0.4) is 0 Å². The van der Waals surface area contributed by atoms with Gasteiger partial charge in [0, 0.05) is 23.3 Å². The van der Waals surface area contributed by atoms with Crippen molar-refractivity contribution in [3.05, 3.63) is 56.2 Å². The van der Waals surface area contributed by atoms with E-state index in [0.29, 0.717) is 19.9 Å². The maximum absolute atomic E-state index is 12.2. The third-order valence-electron chi connectivity index (χ3n) is 3.72. The molecule has 1 amide bonds. The van der Waals surface area contributed by atoms with Crippen molar-refractivity contribution >= 4 is 59.7 Å². The van der Waals surface area contributed by atoms with Crippen molar-refractivity contribution in [2.24, 2.45) is 4.99 Å². The fraction of sp³-hybridized carbons (Fsp3) is 0.111. The van der Waals surface area contributed by atoms with Crippen molar-refractivity contribution in [1.82, 2.24) is 4.57 Å². The van der Waals surface area contributed by atoms with Gasteiger partial charge in [0.05, 0.1) is 26.6 Å². The Hall–Kier alpha value is -3.07. The molecule has 148 valence electrons. The number of carbonyl (C=O) groups excluding carboxylic acids is 1. The van der Waals surface area contributed by atoms with E-state index >= 15 is 0 Å². The van der Waals surface area contributed by atoms with E-state index in [4.69, 9.17) is 6.42 Å². The van der Waals surface area contributed by atoms with Gasteiger partial charge >= 0.3 is 5.00 Å². The van der Waals surface area contributed by atoms with Gasteiger partial charge in [-0.1, -0.05) is 28.6 Å². The van der Waals surface area contributed by atoms with Crippen LogP contribution in [0.1, 0.15) is 4.88 Å². The Morgan fingerprint density at radius 2 is 2.10 bits per heavy atom. The molecular weight excluding hydrogens is 434 g/mol. The summed E-state index contributed by atoms with van der Waals surface area (Å²) in [5.74, 6) is 1.92. The van der Waals surface area contributed by atoms with Gasteiger partial charge in [-0.05, 0) is 30.3 Å². The van der Waals surface area contributed by atoms with Gasteiger partial charge < -0.3 is 4.57 Å². The van der Waals surface area contributed by atoms with Gasteiger partial charge in [-0.3, -0.25) is 14.9 Å². The number of thiazole rings is 1. The predicted molar refractivity (Wildman–Crippen MR) is 112 cm³/mol. The largest absolute Gasteiger partial charge is 0.324 e. The lowest BCUT2D eigenvalue weighted by Gasteiger charge is -2.01. The molecule has 0 aliphatic rings. The third-order valence-corrected chi connectivity index (χ3v) is 6.87. The Kier molecular flexibility index (Phi) is 5.78. The summed E-state index contributed by atoms with van der Waals surface area (Å²) in [6, 6.07) is 7.53. The molecule has 8 nitrogen and oxygen atoms in total. The minimum Gasteiger partial charge on any atom is -0.305 e. The summed E-state index contributed by atoms with van der Waals surface area (Å²) >= 11 is 2.09. The molecular formula is C18H13N3O5S3. The first kappa shape index (κ1) is 20.7. The summed E-state index contributed by atoms with van der Waals surface area (Å²) in [5.41, 5.74) is 0.671. The van der Waals surface area contributed by atoms with E-state index in [9.17, 15) is 23.3 Å². The summed E-state index contributed by atoms with van der Waals surface area (Å²) in [6.07, 6.45) is 9.19. The maximum atomic E-state index is 12.2. The van der Waals surface area contributed by atoms with Crippen LogP contribution in [-0.4, -0.2) is 30.1 Å². The average Bonchev–Trinajstić information content (AvgIpc) is 3.24. The van der Waals surface area contributed by atoms with Crippen molar-refractivity contribution < 1.29 is 18.1 Å². The lowest BCUT2D eigenvalue weighted by atomic mass is 10.3. The number of nitro groups is 1. The molecule has 0 spiro atoms. The normalized spacial score (nSPS) is 12.5. The Morgan fingerprint density at radius 1 is 1.34 bits per heavy atom. The van der Waals surface area contributed by atoms with Crippen LogP contribution < -0.4 is 4.80 Å². The van der Waals surface area contributed by atoms with E-state index in [1.807, 2.05) is 0 Å². The van der Waals surface area contributed by atoms with Gasteiger partial charge in [0.25, 0.3) is 5.91 Å². The van der Waals surface area contributed by atoms with E-state index in [2.05, 4.69) is 10.9 Å². The van der Waals surface area contributed by atoms with E-state index in [1.54, 1.807) is 10.6 Å². The van der Waals surface area contributed by atoms with Gasteiger partial charge in [0.1, 0.15) is 0 Å². The van der Waals surface area contributed by atoms with Gasteiger partial charge in [-0.15, -0.1) is 6.42 Å². The molecule has 0 aliphatic heterocycles. The van der Waals surface area contributed by atoms with Gasteiger partial charge in [-0.25, -0.2) is 8.42 Å². The zero-order valence-corrected chi connectivity index (χ0v) is 17.4. The second kappa shape index (κ2) is 8.12. The highest BCUT2D eigenvalue weighted by Gasteiger charge is 2.12. The Labute approximate surface area is 173 Å². The molecule has 0 radical (unpaired) electrons. The number of amides is 1. The minimum atomic E-state index is -3.38. The van der Waals surface area contributed by atoms with Crippen LogP contribution in [0.4, 0.5) is 5.00 Å². The van der Waals surface area contributed by atoms with Crippen LogP contribution >= 0.6 is 22.7 Å². The molecule has 0 unspecified atom stereocenters. The van der Waals surface area contributed by atoms with Crippen LogP contribution in [0.2, 0.25) is 0 Å². The number of terminal acetylenes is 1. The molecule has 2 aromatic heterocycles. The fourth-order valence-corrected chi connectivity index (χ4v) is 4.95. The molecule has 0 fully saturated rings. The smallest absolute Gasteiger partial charge is 0.305 e. The summed E-state index contributed by atoms with van der Waals surface area (Å²) in [7, 11) is -3.38. The van der Waals surface area contributed by atoms with Crippen LogP contribution in [0.15, 0.2) is 46.3 Å². The van der Waals surface area contributed by atoms with Gasteiger partial charge in [-0.2, -0.15) is 4.99 Å². The van der Waals surface area contributed by atoms with E-state index in [0.717, 1.165) is 28.9 Å². The molecule has 0 saturated heterocycles. The highest BCUT2D eigenvalue weighted by atomic mass is 32.2. The lowest BCUT2D eigenvalue weighted by molar-refractivity contribution is -0.380. The first-order valence-electron chi connectivity index (χ1n) is 7.97. The van der Waals surface area contributed by atoms with E-state index in [1.165, 1.54) is 36.4 Å². The number of hydrogen-bond acceptors (Lipinski definition) is 7. The first-order valence-corrected chi connectivity index (χ1v) is 11.5. The topological polar surface area (TPSA) is 112 Å². The molecule has 0 saturated carbocycles. The second-order valence-electron chi connectivity index (χ2n) is 5.79. The number of rotatable bonds is 5. The Bertz CT molecular complexity index is 1370. The number of fused-ring (bicyclic) bond motifs is 1. The lowest BCUT2D eigenvalue weighted by Crippen LogP contribution is -2.15. The summed E-state index contributed by atoms with van der Waals surface area (Å²) in [6.45, 7) is 0.158. The molecule has 2 heterocycles. The van der Waals surface area contributed by atoms with Gasteiger partial charge in [0.15, 0.2) is 14.6 Å². The quantitative estimate of drug-likeness (QED) is 0.258. The number of sulfone groups is 1. The molecule has 1 aromatic carbocycles. The highest BCUT2D eigenvalue weighted by molar-refractivity contribution is 7.90. The molecule has 29 heavy (non-hydrogen) atoms. The maximum Gasteiger partial charge on any atom is 0.324 e. The van der Waals surface area contributed by atoms with Gasteiger partial charge in [0.2, 0.25) is 0 Å². The molecule has 3 rings (SSSR count). The zero-order chi connectivity index (χ0) is 21.2. The van der Waals surface area contributed by atoms with Crippen LogP contribution in [0.25, 0.3) is 16.3 Å². The number of hydrogen-bond donors (Lipinski definition) is 0. The monoisotopic (exact) mass is 447 g/mol. The second-order valence-corrected chi connectivity index (χ2v) is 9.91. The Balaban J connectivity index is 2.00. The van der Waals surface area contributed by atoms with Crippen molar-refractivity contribution in [1.29, 1.82) is 0 Å². The van der Waals surface area contributed by atoms with Crippen molar-refractivity contribution in [3.63, 3.8) is 0 Å². The standard InChI is InChI=1S/C18H13N3O5S3/c1-3-10-20-14-7-6-13(29(2,25)26)11-15(14)28-18(20)19-16(22)8-4-12-5-9-17(27-12)21(23)24/h1,4-9,11H,10H2,2H3. The molecule has 0 N–H and O–H groups in total. The molecule has 0 bridgehead atoms. The first-order chi connectivity index (χ1) is 13.7. The highest BCUT2D eigenvalue weighted by Crippen LogP contribution is 2.25. The number of aromatic nitrogens is 1. The SMILES string of the molecule is C#CCn1c(=NC(=O)C=Cc2ccc([N+](=O)[O-])s2)sc2cc(S(C)(=O)=O)ccc21. The number of carbonyl (C=O) groups is 1.